The van der Waals surface area contributed by atoms with E-state index in [0.29, 0.717) is 21.4 Å². The van der Waals surface area contributed by atoms with Crippen molar-refractivity contribution in [2.24, 2.45) is 0 Å². The summed E-state index contributed by atoms with van der Waals surface area (Å²) >= 11 is 1.32. The molecule has 2 aromatic heterocycles. The highest BCUT2D eigenvalue weighted by atomic mass is 32.1. The SMILES string of the molecule is Cc1cc2oc(=O)cc(COC(=O)c3ccccc3C(=O)c3cccs3)c2cc1C. The summed E-state index contributed by atoms with van der Waals surface area (Å²) in [5.74, 6) is -0.852. The number of fused-ring (bicyclic) bond motifs is 1. The normalized spacial score (nSPS) is 10.9. The second kappa shape index (κ2) is 8.08. The number of thiophene rings is 1. The molecule has 0 aliphatic carbocycles. The van der Waals surface area contributed by atoms with Crippen molar-refractivity contribution < 1.29 is 18.7 Å². The van der Waals surface area contributed by atoms with Crippen molar-refractivity contribution in [2.45, 2.75) is 20.5 Å². The van der Waals surface area contributed by atoms with Crippen molar-refractivity contribution in [1.29, 1.82) is 0 Å². The number of esters is 1. The van der Waals surface area contributed by atoms with Gasteiger partial charge in [-0.25, -0.2) is 9.59 Å². The molecule has 4 rings (SSSR count). The maximum atomic E-state index is 12.8. The zero-order valence-corrected chi connectivity index (χ0v) is 17.2. The van der Waals surface area contributed by atoms with Crippen LogP contribution in [0.3, 0.4) is 0 Å². The van der Waals surface area contributed by atoms with Crippen molar-refractivity contribution in [3.8, 4) is 0 Å². The van der Waals surface area contributed by atoms with Crippen LogP contribution in [0.25, 0.3) is 11.0 Å². The highest BCUT2D eigenvalue weighted by molar-refractivity contribution is 7.12. The van der Waals surface area contributed by atoms with Gasteiger partial charge in [0.2, 0.25) is 5.78 Å². The summed E-state index contributed by atoms with van der Waals surface area (Å²) < 4.78 is 10.8. The third kappa shape index (κ3) is 3.82. The van der Waals surface area contributed by atoms with Gasteiger partial charge in [0.1, 0.15) is 12.2 Å². The molecule has 0 radical (unpaired) electrons. The van der Waals surface area contributed by atoms with E-state index in [-0.39, 0.29) is 23.5 Å². The summed E-state index contributed by atoms with van der Waals surface area (Å²) in [4.78, 5) is 38.0. The lowest BCUT2D eigenvalue weighted by Crippen LogP contribution is -2.13. The lowest BCUT2D eigenvalue weighted by molar-refractivity contribution is 0.0471. The van der Waals surface area contributed by atoms with Crippen LogP contribution in [0.1, 0.15) is 42.3 Å². The second-order valence-electron chi connectivity index (χ2n) is 6.95. The Bertz CT molecular complexity index is 1320. The standard InChI is InChI=1S/C24H18O5S/c1-14-10-19-16(12-22(25)29-20(19)11-15(14)2)13-28-24(27)18-7-4-3-6-17(18)23(26)21-8-5-9-30-21/h3-12H,13H2,1-2H3. The molecule has 0 amide bonds. The molecule has 0 fully saturated rings. The molecule has 30 heavy (non-hydrogen) atoms. The molecule has 4 aromatic rings. The van der Waals surface area contributed by atoms with Gasteiger partial charge in [-0.05, 0) is 54.6 Å². The number of ketones is 1. The van der Waals surface area contributed by atoms with E-state index in [2.05, 4.69) is 0 Å². The van der Waals surface area contributed by atoms with Crippen molar-refractivity contribution in [3.05, 3.63) is 103 Å². The van der Waals surface area contributed by atoms with Crippen LogP contribution in [0.2, 0.25) is 0 Å². The average molecular weight is 418 g/mol. The quantitative estimate of drug-likeness (QED) is 0.257. The largest absolute Gasteiger partial charge is 0.457 e. The van der Waals surface area contributed by atoms with Crippen LogP contribution in [-0.2, 0) is 11.3 Å². The van der Waals surface area contributed by atoms with Crippen molar-refractivity contribution in [2.75, 3.05) is 0 Å². The summed E-state index contributed by atoms with van der Waals surface area (Å²) in [6, 6.07) is 15.1. The molecule has 6 heteroatoms. The number of benzene rings is 2. The number of hydrogen-bond acceptors (Lipinski definition) is 6. The Hall–Kier alpha value is -3.51. The van der Waals surface area contributed by atoms with E-state index >= 15 is 0 Å². The van der Waals surface area contributed by atoms with E-state index in [0.717, 1.165) is 11.1 Å². The van der Waals surface area contributed by atoms with Crippen LogP contribution >= 0.6 is 11.3 Å². The predicted molar refractivity (Wildman–Crippen MR) is 115 cm³/mol. The van der Waals surface area contributed by atoms with Gasteiger partial charge in [0, 0.05) is 22.6 Å². The third-order valence-corrected chi connectivity index (χ3v) is 5.81. The van der Waals surface area contributed by atoms with Gasteiger partial charge in [-0.15, -0.1) is 11.3 Å². The number of aryl methyl sites for hydroxylation is 2. The van der Waals surface area contributed by atoms with Crippen molar-refractivity contribution in [3.63, 3.8) is 0 Å². The Balaban J connectivity index is 1.63. The lowest BCUT2D eigenvalue weighted by atomic mass is 10.0. The first-order chi connectivity index (χ1) is 14.4. The number of ether oxygens (including phenoxy) is 1. The van der Waals surface area contributed by atoms with Gasteiger partial charge in [0.05, 0.1) is 10.4 Å². The van der Waals surface area contributed by atoms with E-state index in [4.69, 9.17) is 9.15 Å². The van der Waals surface area contributed by atoms with Gasteiger partial charge in [-0.1, -0.05) is 24.3 Å². The Morgan fingerprint density at radius 2 is 1.70 bits per heavy atom. The molecule has 0 saturated heterocycles. The summed E-state index contributed by atoms with van der Waals surface area (Å²) in [7, 11) is 0. The average Bonchev–Trinajstić information content (AvgIpc) is 3.27. The molecule has 2 aromatic carbocycles. The first-order valence-electron chi connectivity index (χ1n) is 9.32. The van der Waals surface area contributed by atoms with Gasteiger partial charge < -0.3 is 9.15 Å². The van der Waals surface area contributed by atoms with Gasteiger partial charge in [0.15, 0.2) is 0 Å². The molecule has 0 aliphatic heterocycles. The zero-order valence-electron chi connectivity index (χ0n) is 16.4. The Morgan fingerprint density at radius 1 is 0.967 bits per heavy atom. The van der Waals surface area contributed by atoms with E-state index < -0.39 is 11.6 Å². The molecule has 2 heterocycles. The van der Waals surface area contributed by atoms with Gasteiger partial charge in [-0.3, -0.25) is 4.79 Å². The van der Waals surface area contributed by atoms with Crippen LogP contribution in [0.5, 0.6) is 0 Å². The maximum absolute atomic E-state index is 12.8. The third-order valence-electron chi connectivity index (χ3n) is 4.94. The van der Waals surface area contributed by atoms with E-state index in [9.17, 15) is 14.4 Å². The monoisotopic (exact) mass is 418 g/mol. The molecule has 0 saturated carbocycles. The fraction of sp³-hybridized carbons (Fsp3) is 0.125. The zero-order chi connectivity index (χ0) is 21.3. The number of hydrogen-bond donors (Lipinski definition) is 0. The van der Waals surface area contributed by atoms with E-state index in [1.807, 2.05) is 25.3 Å². The van der Waals surface area contributed by atoms with E-state index in [1.54, 1.807) is 42.5 Å². The highest BCUT2D eigenvalue weighted by Crippen LogP contribution is 2.23. The molecular formula is C24H18O5S. The number of carbonyl (C=O) groups excluding carboxylic acids is 2. The first kappa shape index (κ1) is 19.8. The number of carbonyl (C=O) groups is 2. The Morgan fingerprint density at radius 3 is 2.43 bits per heavy atom. The Labute approximate surface area is 176 Å². The van der Waals surface area contributed by atoms with Crippen LogP contribution in [0.15, 0.2) is 69.2 Å². The minimum absolute atomic E-state index is 0.106. The van der Waals surface area contributed by atoms with Crippen molar-refractivity contribution >= 4 is 34.1 Å². The van der Waals surface area contributed by atoms with Gasteiger partial charge in [-0.2, -0.15) is 0 Å². The van der Waals surface area contributed by atoms with E-state index in [1.165, 1.54) is 17.4 Å². The molecule has 5 nitrogen and oxygen atoms in total. The molecule has 0 atom stereocenters. The molecular weight excluding hydrogens is 400 g/mol. The fourth-order valence-corrected chi connectivity index (χ4v) is 3.90. The van der Waals surface area contributed by atoms with Crippen LogP contribution in [-0.4, -0.2) is 11.8 Å². The summed E-state index contributed by atoms with van der Waals surface area (Å²) in [6.07, 6.45) is 0. The number of rotatable bonds is 5. The summed E-state index contributed by atoms with van der Waals surface area (Å²) in [5, 5.41) is 2.53. The van der Waals surface area contributed by atoms with Crippen LogP contribution in [0, 0.1) is 13.8 Å². The van der Waals surface area contributed by atoms with Crippen molar-refractivity contribution in [1.82, 2.24) is 0 Å². The first-order valence-corrected chi connectivity index (χ1v) is 10.2. The smallest absolute Gasteiger partial charge is 0.339 e. The van der Waals surface area contributed by atoms with Crippen LogP contribution in [0.4, 0.5) is 0 Å². The minimum Gasteiger partial charge on any atom is -0.457 e. The molecule has 0 spiro atoms. The molecule has 150 valence electrons. The van der Waals surface area contributed by atoms with Gasteiger partial charge >= 0.3 is 11.6 Å². The molecule has 0 bridgehead atoms. The predicted octanol–water partition coefficient (Wildman–Crippen LogP) is 5.06. The second-order valence-corrected chi connectivity index (χ2v) is 7.90. The summed E-state index contributed by atoms with van der Waals surface area (Å²) in [5.41, 5.74) is 3.01. The fourth-order valence-electron chi connectivity index (χ4n) is 3.22. The maximum Gasteiger partial charge on any atom is 0.339 e. The topological polar surface area (TPSA) is 73.6 Å². The van der Waals surface area contributed by atoms with Crippen LogP contribution < -0.4 is 5.63 Å². The molecule has 0 aliphatic rings. The minimum atomic E-state index is -0.624. The highest BCUT2D eigenvalue weighted by Gasteiger charge is 2.20. The lowest BCUT2D eigenvalue weighted by Gasteiger charge is -2.11. The molecule has 0 N–H and O–H groups in total. The molecule has 0 unspecified atom stereocenters. The Kier molecular flexibility index (Phi) is 5.33. The summed E-state index contributed by atoms with van der Waals surface area (Å²) in [6.45, 7) is 3.79. The van der Waals surface area contributed by atoms with Gasteiger partial charge in [0.25, 0.3) is 0 Å².